The van der Waals surface area contributed by atoms with Crippen molar-refractivity contribution in [1.82, 2.24) is 15.5 Å². The third-order valence-electron chi connectivity index (χ3n) is 4.02. The number of carbonyl (C=O) groups excluding carboxylic acids is 1. The highest BCUT2D eigenvalue weighted by Gasteiger charge is 2.14. The number of thioether (sulfide) groups is 1. The summed E-state index contributed by atoms with van der Waals surface area (Å²) in [5, 5.41) is 15.4. The van der Waals surface area contributed by atoms with Gasteiger partial charge in [-0.25, -0.2) is 0 Å². The minimum Gasteiger partial charge on any atom is -0.349 e. The van der Waals surface area contributed by atoms with E-state index in [-0.39, 0.29) is 11.9 Å². The Morgan fingerprint density at radius 2 is 2.00 bits per heavy atom. The van der Waals surface area contributed by atoms with Gasteiger partial charge in [-0.15, -0.1) is 10.2 Å². The van der Waals surface area contributed by atoms with Crippen molar-refractivity contribution in [1.29, 1.82) is 0 Å². The minimum absolute atomic E-state index is 0.00849. The molecule has 0 saturated heterocycles. The lowest BCUT2D eigenvalue weighted by Gasteiger charge is -2.17. The molecule has 0 spiro atoms. The number of halogens is 1. The quantitative estimate of drug-likeness (QED) is 0.407. The lowest BCUT2D eigenvalue weighted by Crippen LogP contribution is -2.29. The van der Waals surface area contributed by atoms with Gasteiger partial charge in [-0.05, 0) is 48.7 Å². The molecule has 1 aromatic heterocycles. The number of rotatable bonds is 8. The van der Waals surface area contributed by atoms with Crippen LogP contribution in [0.1, 0.15) is 30.5 Å². The molecule has 0 aliphatic carbocycles. The first-order chi connectivity index (χ1) is 13.5. The molecule has 5 nitrogen and oxygen atoms in total. The van der Waals surface area contributed by atoms with Crippen molar-refractivity contribution in [2.45, 2.75) is 30.6 Å². The third-order valence-corrected chi connectivity index (χ3v) is 6.52. The Morgan fingerprint density at radius 1 is 1.21 bits per heavy atom. The predicted molar refractivity (Wildman–Crippen MR) is 120 cm³/mol. The van der Waals surface area contributed by atoms with E-state index in [1.165, 1.54) is 28.7 Å². The Kier molecular flexibility index (Phi) is 7.47. The third kappa shape index (κ3) is 6.05. The molecule has 1 heterocycles. The van der Waals surface area contributed by atoms with Crippen molar-refractivity contribution < 1.29 is 4.79 Å². The van der Waals surface area contributed by atoms with Crippen LogP contribution < -0.4 is 10.6 Å². The number of hydrogen-bond donors (Lipinski definition) is 2. The first kappa shape index (κ1) is 20.8. The second-order valence-electron chi connectivity index (χ2n) is 6.24. The molecular weight excluding hydrogens is 456 g/mol. The van der Waals surface area contributed by atoms with E-state index < -0.39 is 0 Å². The van der Waals surface area contributed by atoms with E-state index in [1.807, 2.05) is 49.4 Å². The van der Waals surface area contributed by atoms with Crippen LogP contribution in [-0.4, -0.2) is 21.9 Å². The minimum atomic E-state index is -0.0110. The smallest absolute Gasteiger partial charge is 0.230 e. The molecule has 1 amide bonds. The van der Waals surface area contributed by atoms with Gasteiger partial charge in [0, 0.05) is 10.2 Å². The van der Waals surface area contributed by atoms with E-state index in [0.717, 1.165) is 31.6 Å². The Morgan fingerprint density at radius 3 is 2.71 bits per heavy atom. The van der Waals surface area contributed by atoms with Crippen LogP contribution in [-0.2, 0) is 4.79 Å². The molecule has 1 unspecified atom stereocenters. The highest BCUT2D eigenvalue weighted by atomic mass is 79.9. The van der Waals surface area contributed by atoms with Gasteiger partial charge in [0.25, 0.3) is 0 Å². The molecule has 0 bridgehead atoms. The molecule has 2 N–H and O–H groups in total. The molecule has 0 saturated carbocycles. The molecule has 3 rings (SSSR count). The predicted octanol–water partition coefficient (Wildman–Crippen LogP) is 5.71. The highest BCUT2D eigenvalue weighted by molar-refractivity contribution is 9.10. The zero-order valence-corrected chi connectivity index (χ0v) is 18.8. The number of aromatic nitrogens is 2. The summed E-state index contributed by atoms with van der Waals surface area (Å²) >= 11 is 6.28. The van der Waals surface area contributed by atoms with Gasteiger partial charge in [0.1, 0.15) is 0 Å². The SMILES string of the molecule is CCC(NC(=O)CSc1nnc(Nc2cccc(C)c2)s1)c1ccc(Br)cc1. The van der Waals surface area contributed by atoms with Crippen LogP contribution in [0.15, 0.2) is 57.3 Å². The van der Waals surface area contributed by atoms with Crippen molar-refractivity contribution in [3.05, 3.63) is 64.1 Å². The largest absolute Gasteiger partial charge is 0.349 e. The van der Waals surface area contributed by atoms with Gasteiger partial charge in [-0.3, -0.25) is 4.79 Å². The van der Waals surface area contributed by atoms with Crippen molar-refractivity contribution in [2.24, 2.45) is 0 Å². The Hall–Kier alpha value is -1.90. The normalized spacial score (nSPS) is 11.8. The van der Waals surface area contributed by atoms with Crippen molar-refractivity contribution in [2.75, 3.05) is 11.1 Å². The number of aryl methyl sites for hydroxylation is 1. The summed E-state index contributed by atoms with van der Waals surface area (Å²) in [4.78, 5) is 12.4. The van der Waals surface area contributed by atoms with Crippen LogP contribution >= 0.6 is 39.0 Å². The van der Waals surface area contributed by atoms with Crippen molar-refractivity contribution in [3.8, 4) is 0 Å². The first-order valence-corrected chi connectivity index (χ1v) is 11.5. The number of nitrogens with zero attached hydrogens (tertiary/aromatic N) is 2. The summed E-state index contributed by atoms with van der Waals surface area (Å²) in [5.41, 5.74) is 3.26. The molecule has 2 aromatic carbocycles. The number of amides is 1. The molecular formula is C20H21BrN4OS2. The highest BCUT2D eigenvalue weighted by Crippen LogP contribution is 2.28. The number of hydrogen-bond acceptors (Lipinski definition) is 6. The second-order valence-corrected chi connectivity index (χ2v) is 9.35. The van der Waals surface area contributed by atoms with Gasteiger partial charge in [-0.1, -0.05) is 70.2 Å². The standard InChI is InChI=1S/C20H21BrN4OS2/c1-3-17(14-7-9-15(21)10-8-14)23-18(26)12-27-20-25-24-19(28-20)22-16-6-4-5-13(2)11-16/h4-11,17H,3,12H2,1-2H3,(H,22,24)(H,23,26). The van der Waals surface area contributed by atoms with Crippen LogP contribution in [0.25, 0.3) is 0 Å². The fourth-order valence-electron chi connectivity index (χ4n) is 2.64. The first-order valence-electron chi connectivity index (χ1n) is 8.88. The van der Waals surface area contributed by atoms with Crippen LogP contribution in [0.2, 0.25) is 0 Å². The number of carbonyl (C=O) groups is 1. The summed E-state index contributed by atoms with van der Waals surface area (Å²) < 4.78 is 1.79. The van der Waals surface area contributed by atoms with E-state index in [4.69, 9.17) is 0 Å². The average Bonchev–Trinajstić information content (AvgIpc) is 3.12. The maximum Gasteiger partial charge on any atom is 0.230 e. The molecule has 3 aromatic rings. The molecule has 0 fully saturated rings. The van der Waals surface area contributed by atoms with Crippen LogP contribution in [0.4, 0.5) is 10.8 Å². The maximum atomic E-state index is 12.4. The molecule has 146 valence electrons. The van der Waals surface area contributed by atoms with E-state index >= 15 is 0 Å². The molecule has 0 aliphatic heterocycles. The van der Waals surface area contributed by atoms with E-state index in [0.29, 0.717) is 5.75 Å². The van der Waals surface area contributed by atoms with Crippen LogP contribution in [0, 0.1) is 6.92 Å². The number of nitrogens with one attached hydrogen (secondary N) is 2. The van der Waals surface area contributed by atoms with E-state index in [1.54, 1.807) is 0 Å². The van der Waals surface area contributed by atoms with Crippen molar-refractivity contribution >= 4 is 55.8 Å². The molecule has 8 heteroatoms. The number of benzene rings is 2. The van der Waals surface area contributed by atoms with E-state index in [9.17, 15) is 4.79 Å². The summed E-state index contributed by atoms with van der Waals surface area (Å²) in [6.07, 6.45) is 0.835. The molecule has 1 atom stereocenters. The van der Waals surface area contributed by atoms with Crippen LogP contribution in [0.3, 0.4) is 0 Å². The average molecular weight is 477 g/mol. The van der Waals surface area contributed by atoms with Crippen molar-refractivity contribution in [3.63, 3.8) is 0 Å². The monoisotopic (exact) mass is 476 g/mol. The Bertz CT molecular complexity index is 930. The van der Waals surface area contributed by atoms with Gasteiger partial charge in [-0.2, -0.15) is 0 Å². The van der Waals surface area contributed by atoms with Gasteiger partial charge >= 0.3 is 0 Å². The summed E-state index contributed by atoms with van der Waals surface area (Å²) in [6.45, 7) is 4.11. The Balaban J connectivity index is 1.51. The zero-order valence-electron chi connectivity index (χ0n) is 15.6. The summed E-state index contributed by atoms with van der Waals surface area (Å²) in [5.74, 6) is 0.301. The van der Waals surface area contributed by atoms with E-state index in [2.05, 4.69) is 49.8 Å². The molecule has 0 aliphatic rings. The lowest BCUT2D eigenvalue weighted by atomic mass is 10.0. The summed E-state index contributed by atoms with van der Waals surface area (Å²) in [6, 6.07) is 16.1. The second kappa shape index (κ2) is 10.0. The lowest BCUT2D eigenvalue weighted by molar-refractivity contribution is -0.119. The zero-order chi connectivity index (χ0) is 19.9. The van der Waals surface area contributed by atoms with Crippen LogP contribution in [0.5, 0.6) is 0 Å². The van der Waals surface area contributed by atoms with Gasteiger partial charge in [0.05, 0.1) is 11.8 Å². The molecule has 0 radical (unpaired) electrons. The molecule has 28 heavy (non-hydrogen) atoms. The maximum absolute atomic E-state index is 12.4. The van der Waals surface area contributed by atoms with Gasteiger partial charge in [0.2, 0.25) is 11.0 Å². The van der Waals surface area contributed by atoms with Gasteiger partial charge in [0.15, 0.2) is 4.34 Å². The Labute approximate surface area is 181 Å². The fourth-order valence-corrected chi connectivity index (χ4v) is 4.49. The fraction of sp³-hybridized carbons (Fsp3) is 0.250. The topological polar surface area (TPSA) is 66.9 Å². The van der Waals surface area contributed by atoms with Gasteiger partial charge < -0.3 is 10.6 Å². The number of anilines is 2. The summed E-state index contributed by atoms with van der Waals surface area (Å²) in [7, 11) is 0.